The van der Waals surface area contributed by atoms with Crippen molar-refractivity contribution < 1.29 is 23.8 Å². The van der Waals surface area contributed by atoms with Gasteiger partial charge in [-0.2, -0.15) is 0 Å². The van der Waals surface area contributed by atoms with E-state index < -0.39 is 11.9 Å². The fourth-order valence-electron chi connectivity index (χ4n) is 2.86. The lowest BCUT2D eigenvalue weighted by Crippen LogP contribution is -2.27. The molecule has 3 rings (SSSR count). The van der Waals surface area contributed by atoms with Gasteiger partial charge in [-0.05, 0) is 30.3 Å². The third kappa shape index (κ3) is 4.12. The Kier molecular flexibility index (Phi) is 5.77. The lowest BCUT2D eigenvalue weighted by molar-refractivity contribution is -0.139. The predicted molar refractivity (Wildman–Crippen MR) is 102 cm³/mol. The van der Waals surface area contributed by atoms with Gasteiger partial charge < -0.3 is 19.1 Å². The molecule has 1 heterocycles. The van der Waals surface area contributed by atoms with E-state index >= 15 is 0 Å². The van der Waals surface area contributed by atoms with Gasteiger partial charge in [0.25, 0.3) is 0 Å². The highest BCUT2D eigenvalue weighted by Gasteiger charge is 2.37. The van der Waals surface area contributed by atoms with E-state index in [0.29, 0.717) is 33.0 Å². The zero-order valence-electron chi connectivity index (χ0n) is 14.7. The van der Waals surface area contributed by atoms with Gasteiger partial charge in [-0.25, -0.2) is 0 Å². The number of methoxy groups -OCH3 is 2. The van der Waals surface area contributed by atoms with E-state index in [-0.39, 0.29) is 18.9 Å². The molecule has 0 spiro atoms. The van der Waals surface area contributed by atoms with Crippen molar-refractivity contribution in [2.45, 2.75) is 6.42 Å². The van der Waals surface area contributed by atoms with Gasteiger partial charge in [0.1, 0.15) is 17.2 Å². The van der Waals surface area contributed by atoms with Crippen molar-refractivity contribution in [3.05, 3.63) is 46.4 Å². The molecule has 1 aliphatic rings. The molecule has 2 aromatic rings. The number of ether oxygens (including phenoxy) is 3. The molecule has 0 aliphatic carbocycles. The summed E-state index contributed by atoms with van der Waals surface area (Å²) in [6.45, 7) is 0.171. The van der Waals surface area contributed by atoms with E-state index in [0.717, 1.165) is 0 Å². The second-order valence-corrected chi connectivity index (χ2v) is 6.78. The average Bonchev–Trinajstić information content (AvgIpc) is 3.05. The number of rotatable bonds is 5. The maximum atomic E-state index is 12.5. The first-order valence-corrected chi connectivity index (χ1v) is 8.87. The molecule has 0 saturated carbocycles. The number of carbonyl (C=O) groups excluding carboxylic acids is 2. The van der Waals surface area contributed by atoms with Crippen LogP contribution in [0.15, 0.2) is 36.4 Å². The van der Waals surface area contributed by atoms with Gasteiger partial charge in [0.05, 0.1) is 30.8 Å². The molecule has 0 radical (unpaired) electrons. The summed E-state index contributed by atoms with van der Waals surface area (Å²) in [6.07, 6.45) is 0.0409. The average molecular weight is 410 g/mol. The van der Waals surface area contributed by atoms with E-state index in [2.05, 4.69) is 0 Å². The Hall–Kier alpha value is -2.44. The number of amides is 1. The van der Waals surface area contributed by atoms with Crippen molar-refractivity contribution in [1.29, 1.82) is 0 Å². The van der Waals surface area contributed by atoms with Gasteiger partial charge in [-0.3, -0.25) is 9.59 Å². The number of carbonyl (C=O) groups is 2. The van der Waals surface area contributed by atoms with Crippen LogP contribution in [0.5, 0.6) is 17.2 Å². The van der Waals surface area contributed by atoms with Crippen molar-refractivity contribution in [3.8, 4) is 17.2 Å². The van der Waals surface area contributed by atoms with E-state index in [1.54, 1.807) is 36.4 Å². The fourth-order valence-corrected chi connectivity index (χ4v) is 3.22. The molecule has 6 nitrogen and oxygen atoms in total. The first-order chi connectivity index (χ1) is 12.9. The summed E-state index contributed by atoms with van der Waals surface area (Å²) >= 11 is 12.0. The minimum absolute atomic E-state index is 0.0409. The highest BCUT2D eigenvalue weighted by molar-refractivity contribution is 6.32. The Balaban J connectivity index is 1.78. The van der Waals surface area contributed by atoms with Crippen molar-refractivity contribution in [3.63, 3.8) is 0 Å². The Labute approximate surface area is 166 Å². The van der Waals surface area contributed by atoms with Crippen molar-refractivity contribution in [2.75, 3.05) is 25.7 Å². The van der Waals surface area contributed by atoms with Crippen LogP contribution in [0.1, 0.15) is 6.42 Å². The number of halogens is 2. The smallest absolute Gasteiger partial charge is 0.316 e. The molecular formula is C19H17Cl2NO5. The molecule has 0 N–H and O–H groups in total. The van der Waals surface area contributed by atoms with Crippen molar-refractivity contribution in [1.82, 2.24) is 0 Å². The lowest BCUT2D eigenvalue weighted by atomic mass is 10.1. The molecule has 1 fully saturated rings. The number of nitrogens with zero attached hydrogens (tertiary/aromatic N) is 1. The monoisotopic (exact) mass is 409 g/mol. The molecule has 142 valence electrons. The second-order valence-electron chi connectivity index (χ2n) is 5.94. The van der Waals surface area contributed by atoms with Crippen LogP contribution in [0.4, 0.5) is 5.69 Å². The number of esters is 1. The van der Waals surface area contributed by atoms with Crippen molar-refractivity contribution >= 4 is 40.8 Å². The van der Waals surface area contributed by atoms with Crippen LogP contribution < -0.4 is 19.1 Å². The summed E-state index contributed by atoms with van der Waals surface area (Å²) in [4.78, 5) is 26.4. The third-order valence-corrected chi connectivity index (χ3v) is 4.78. The quantitative estimate of drug-likeness (QED) is 0.552. The van der Waals surface area contributed by atoms with Crippen LogP contribution in [0, 0.1) is 5.92 Å². The first kappa shape index (κ1) is 19.3. The Morgan fingerprint density at radius 3 is 2.37 bits per heavy atom. The highest BCUT2D eigenvalue weighted by Crippen LogP contribution is 2.40. The number of hydrogen-bond acceptors (Lipinski definition) is 5. The zero-order chi connectivity index (χ0) is 19.6. The van der Waals surface area contributed by atoms with E-state index in [9.17, 15) is 9.59 Å². The predicted octanol–water partition coefficient (Wildman–Crippen LogP) is 3.97. The molecule has 1 amide bonds. The summed E-state index contributed by atoms with van der Waals surface area (Å²) in [7, 11) is 2.98. The van der Waals surface area contributed by atoms with Crippen molar-refractivity contribution in [2.24, 2.45) is 5.92 Å². The molecule has 2 aromatic carbocycles. The maximum Gasteiger partial charge on any atom is 0.316 e. The molecule has 1 aliphatic heterocycles. The fraction of sp³-hybridized carbons (Fsp3) is 0.263. The van der Waals surface area contributed by atoms with E-state index in [1.807, 2.05) is 0 Å². The summed E-state index contributed by atoms with van der Waals surface area (Å²) in [5.41, 5.74) is 0.482. The molecule has 1 unspecified atom stereocenters. The molecule has 1 saturated heterocycles. The molecular weight excluding hydrogens is 393 g/mol. The van der Waals surface area contributed by atoms with Gasteiger partial charge in [0.15, 0.2) is 0 Å². The zero-order valence-corrected chi connectivity index (χ0v) is 16.2. The first-order valence-electron chi connectivity index (χ1n) is 8.12. The topological polar surface area (TPSA) is 65.1 Å². The van der Waals surface area contributed by atoms with Gasteiger partial charge in [-0.1, -0.05) is 23.2 Å². The minimum Gasteiger partial charge on any atom is -0.495 e. The molecule has 27 heavy (non-hydrogen) atoms. The van der Waals surface area contributed by atoms with Gasteiger partial charge >= 0.3 is 5.97 Å². The molecule has 0 bridgehead atoms. The highest BCUT2D eigenvalue weighted by atomic mass is 35.5. The van der Waals surface area contributed by atoms with Crippen LogP contribution in [-0.4, -0.2) is 32.6 Å². The maximum absolute atomic E-state index is 12.5. The number of anilines is 1. The largest absolute Gasteiger partial charge is 0.495 e. The minimum atomic E-state index is -0.598. The number of benzene rings is 2. The molecule has 1 atom stereocenters. The number of hydrogen-bond donors (Lipinski definition) is 0. The standard InChI is InChI=1S/C19H17Cl2NO5/c1-25-16-9-17(26-2)15(8-14(16)21)22-10-11(7-18(22)23)19(24)27-13-5-3-12(20)4-6-13/h3-6,8-9,11H,7,10H2,1-2H3. The van der Waals surface area contributed by atoms with Crippen LogP contribution in [-0.2, 0) is 9.59 Å². The van der Waals surface area contributed by atoms with Gasteiger partial charge in [-0.15, -0.1) is 0 Å². The van der Waals surface area contributed by atoms with E-state index in [1.165, 1.54) is 19.1 Å². The second kappa shape index (κ2) is 8.06. The summed E-state index contributed by atoms with van der Waals surface area (Å²) in [6, 6.07) is 9.64. The van der Waals surface area contributed by atoms with Crippen LogP contribution in [0.2, 0.25) is 10.0 Å². The van der Waals surface area contributed by atoms with Crippen LogP contribution in [0.3, 0.4) is 0 Å². The normalized spacial score (nSPS) is 16.4. The lowest BCUT2D eigenvalue weighted by Gasteiger charge is -2.20. The summed E-state index contributed by atoms with van der Waals surface area (Å²) in [5.74, 6) is -0.0580. The molecule has 0 aromatic heterocycles. The van der Waals surface area contributed by atoms with Crippen LogP contribution >= 0.6 is 23.2 Å². The van der Waals surface area contributed by atoms with Gasteiger partial charge in [0, 0.05) is 24.1 Å². The Morgan fingerprint density at radius 2 is 1.74 bits per heavy atom. The van der Waals surface area contributed by atoms with E-state index in [4.69, 9.17) is 37.4 Å². The Morgan fingerprint density at radius 1 is 1.07 bits per heavy atom. The van der Waals surface area contributed by atoms with Crippen LogP contribution in [0.25, 0.3) is 0 Å². The summed E-state index contributed by atoms with van der Waals surface area (Å²) in [5, 5.41) is 0.883. The van der Waals surface area contributed by atoms with Gasteiger partial charge in [0.2, 0.25) is 5.91 Å². The SMILES string of the molecule is COc1cc(OC)c(N2CC(C(=O)Oc3ccc(Cl)cc3)CC2=O)cc1Cl. The summed E-state index contributed by atoms with van der Waals surface area (Å²) < 4.78 is 15.9. The molecule has 8 heteroatoms. The Bertz CT molecular complexity index is 869. The third-order valence-electron chi connectivity index (χ3n) is 4.23.